The zero-order chi connectivity index (χ0) is 10.8. The molecule has 0 radical (unpaired) electrons. The summed E-state index contributed by atoms with van der Waals surface area (Å²) in [5.74, 6) is 0.178. The predicted octanol–water partition coefficient (Wildman–Crippen LogP) is 2.04. The van der Waals surface area contributed by atoms with Crippen LogP contribution < -0.4 is 10.2 Å². The van der Waals surface area contributed by atoms with E-state index in [0.717, 1.165) is 22.8 Å². The summed E-state index contributed by atoms with van der Waals surface area (Å²) in [7, 11) is 0. The van der Waals surface area contributed by atoms with Crippen molar-refractivity contribution in [1.82, 2.24) is 0 Å². The number of benzene rings is 1. The molecule has 4 heteroatoms. The minimum atomic E-state index is 0.178. The number of anilines is 2. The molecule has 1 aliphatic rings. The average molecular weight is 220 g/mol. The molecule has 1 aromatic carbocycles. The van der Waals surface area contributed by atoms with Gasteiger partial charge in [0.25, 0.3) is 0 Å². The van der Waals surface area contributed by atoms with Crippen LogP contribution in [-0.2, 0) is 4.79 Å². The van der Waals surface area contributed by atoms with Gasteiger partial charge in [-0.2, -0.15) is 0 Å². The van der Waals surface area contributed by atoms with Crippen molar-refractivity contribution in [2.45, 2.75) is 6.92 Å². The third-order valence-electron chi connectivity index (χ3n) is 2.52. The van der Waals surface area contributed by atoms with Gasteiger partial charge in [-0.05, 0) is 12.1 Å². The van der Waals surface area contributed by atoms with Gasteiger partial charge in [-0.3, -0.25) is 4.79 Å². The monoisotopic (exact) mass is 220 g/mol. The fourth-order valence-electron chi connectivity index (χ4n) is 1.66. The molecule has 1 unspecified atom stereocenters. The van der Waals surface area contributed by atoms with Gasteiger partial charge in [0.2, 0.25) is 6.41 Å². The molecular formula is C11H12N2OS. The number of hydrogen-bond acceptors (Lipinski definition) is 2. The summed E-state index contributed by atoms with van der Waals surface area (Å²) in [5, 5.41) is 3.17. The minimum absolute atomic E-state index is 0.178. The molecule has 0 bridgehead atoms. The highest BCUT2D eigenvalue weighted by Gasteiger charge is 2.21. The summed E-state index contributed by atoms with van der Waals surface area (Å²) in [6.07, 6.45) is 0.852. The number of rotatable bonds is 1. The van der Waals surface area contributed by atoms with Crippen LogP contribution in [0, 0.1) is 5.92 Å². The van der Waals surface area contributed by atoms with E-state index >= 15 is 0 Å². The molecule has 78 valence electrons. The highest BCUT2D eigenvalue weighted by atomic mass is 32.1. The molecule has 0 spiro atoms. The van der Waals surface area contributed by atoms with Gasteiger partial charge in [-0.15, -0.1) is 0 Å². The molecule has 1 atom stereocenters. The van der Waals surface area contributed by atoms with Gasteiger partial charge in [0, 0.05) is 12.5 Å². The Morgan fingerprint density at radius 1 is 1.53 bits per heavy atom. The highest BCUT2D eigenvalue weighted by Crippen LogP contribution is 2.28. The molecule has 1 amide bonds. The topological polar surface area (TPSA) is 32.3 Å². The Labute approximate surface area is 94.1 Å². The third kappa shape index (κ3) is 1.85. The second-order valence-electron chi connectivity index (χ2n) is 3.67. The standard InChI is InChI=1S/C11H12N2OS/c1-8-6-13(7-14)10-5-3-2-4-9(10)12-11(8)15/h2-5,7-8H,6H2,1H3,(H,12,15). The first-order chi connectivity index (χ1) is 7.22. The van der Waals surface area contributed by atoms with E-state index in [2.05, 4.69) is 5.32 Å². The summed E-state index contributed by atoms with van der Waals surface area (Å²) in [6.45, 7) is 2.64. The molecule has 2 rings (SSSR count). The first-order valence-corrected chi connectivity index (χ1v) is 5.25. The quantitative estimate of drug-likeness (QED) is 0.580. The Morgan fingerprint density at radius 2 is 2.27 bits per heavy atom. The summed E-state index contributed by atoms with van der Waals surface area (Å²) < 4.78 is 0. The van der Waals surface area contributed by atoms with E-state index in [9.17, 15) is 4.79 Å². The maximum absolute atomic E-state index is 11.0. The van der Waals surface area contributed by atoms with E-state index in [1.165, 1.54) is 0 Å². The SMILES string of the molecule is CC1CN(C=O)c2ccccc2NC1=S. The van der Waals surface area contributed by atoms with Crippen LogP contribution in [-0.4, -0.2) is 17.9 Å². The van der Waals surface area contributed by atoms with E-state index in [4.69, 9.17) is 12.2 Å². The maximum atomic E-state index is 11.0. The van der Waals surface area contributed by atoms with Crippen LogP contribution in [0.25, 0.3) is 0 Å². The normalized spacial score (nSPS) is 20.2. The minimum Gasteiger partial charge on any atom is -0.348 e. The molecule has 15 heavy (non-hydrogen) atoms. The average Bonchev–Trinajstić information content (AvgIpc) is 2.37. The molecule has 0 aliphatic carbocycles. The number of nitrogens with zero attached hydrogens (tertiary/aromatic N) is 1. The Balaban J connectivity index is 2.46. The molecule has 1 aromatic rings. The highest BCUT2D eigenvalue weighted by molar-refractivity contribution is 7.80. The Kier molecular flexibility index (Phi) is 2.68. The van der Waals surface area contributed by atoms with Crippen molar-refractivity contribution in [1.29, 1.82) is 0 Å². The smallest absolute Gasteiger partial charge is 0.214 e. The van der Waals surface area contributed by atoms with E-state index in [1.54, 1.807) is 4.90 Å². The molecule has 1 aliphatic heterocycles. The predicted molar refractivity (Wildman–Crippen MR) is 65.2 cm³/mol. The summed E-state index contributed by atoms with van der Waals surface area (Å²) in [5.41, 5.74) is 1.79. The van der Waals surface area contributed by atoms with Crippen LogP contribution in [0.5, 0.6) is 0 Å². The lowest BCUT2D eigenvalue weighted by Gasteiger charge is -2.17. The number of para-hydroxylation sites is 2. The number of amides is 1. The van der Waals surface area contributed by atoms with Crippen molar-refractivity contribution in [2.24, 2.45) is 5.92 Å². The summed E-state index contributed by atoms with van der Waals surface area (Å²) in [6, 6.07) is 7.68. The zero-order valence-electron chi connectivity index (χ0n) is 8.43. The first-order valence-electron chi connectivity index (χ1n) is 4.84. The van der Waals surface area contributed by atoms with Crippen molar-refractivity contribution in [3.05, 3.63) is 24.3 Å². The van der Waals surface area contributed by atoms with Gasteiger partial charge < -0.3 is 10.2 Å². The van der Waals surface area contributed by atoms with Gasteiger partial charge in [0.1, 0.15) is 0 Å². The molecule has 1 heterocycles. The third-order valence-corrected chi connectivity index (χ3v) is 3.02. The fraction of sp³-hybridized carbons (Fsp3) is 0.273. The lowest BCUT2D eigenvalue weighted by Crippen LogP contribution is -2.28. The molecule has 0 aromatic heterocycles. The van der Waals surface area contributed by atoms with E-state index in [0.29, 0.717) is 6.54 Å². The van der Waals surface area contributed by atoms with E-state index < -0.39 is 0 Å². The Bertz CT molecular complexity index is 405. The fourth-order valence-corrected chi connectivity index (χ4v) is 1.85. The number of nitrogens with one attached hydrogen (secondary N) is 1. The largest absolute Gasteiger partial charge is 0.348 e. The van der Waals surface area contributed by atoms with Crippen molar-refractivity contribution < 1.29 is 4.79 Å². The van der Waals surface area contributed by atoms with Crippen molar-refractivity contribution in [2.75, 3.05) is 16.8 Å². The first kappa shape index (κ1) is 10.1. The Hall–Kier alpha value is -1.42. The van der Waals surface area contributed by atoms with Crippen molar-refractivity contribution in [3.8, 4) is 0 Å². The number of carbonyl (C=O) groups excluding carboxylic acids is 1. The van der Waals surface area contributed by atoms with Crippen LogP contribution in [0.2, 0.25) is 0 Å². The molecular weight excluding hydrogens is 208 g/mol. The maximum Gasteiger partial charge on any atom is 0.214 e. The number of carbonyl (C=O) groups is 1. The zero-order valence-corrected chi connectivity index (χ0v) is 9.25. The Morgan fingerprint density at radius 3 is 3.00 bits per heavy atom. The number of fused-ring (bicyclic) bond motifs is 1. The van der Waals surface area contributed by atoms with Gasteiger partial charge in [0.15, 0.2) is 0 Å². The second kappa shape index (κ2) is 3.98. The second-order valence-corrected chi connectivity index (χ2v) is 4.11. The molecule has 0 saturated carbocycles. The molecule has 3 nitrogen and oxygen atoms in total. The van der Waals surface area contributed by atoms with Crippen molar-refractivity contribution >= 4 is 35.0 Å². The van der Waals surface area contributed by atoms with Crippen LogP contribution in [0.4, 0.5) is 11.4 Å². The molecule has 0 fully saturated rings. The lowest BCUT2D eigenvalue weighted by atomic mass is 10.2. The van der Waals surface area contributed by atoms with Gasteiger partial charge >= 0.3 is 0 Å². The summed E-state index contributed by atoms with van der Waals surface area (Å²) >= 11 is 5.24. The lowest BCUT2D eigenvalue weighted by molar-refractivity contribution is -0.107. The number of thiocarbonyl (C=S) groups is 1. The van der Waals surface area contributed by atoms with E-state index in [1.807, 2.05) is 31.2 Å². The van der Waals surface area contributed by atoms with Gasteiger partial charge in [-0.1, -0.05) is 31.3 Å². The van der Waals surface area contributed by atoms with E-state index in [-0.39, 0.29) is 5.92 Å². The number of hydrogen-bond donors (Lipinski definition) is 1. The van der Waals surface area contributed by atoms with Crippen LogP contribution in [0.15, 0.2) is 24.3 Å². The van der Waals surface area contributed by atoms with Crippen molar-refractivity contribution in [3.63, 3.8) is 0 Å². The van der Waals surface area contributed by atoms with Gasteiger partial charge in [0.05, 0.1) is 16.4 Å². The van der Waals surface area contributed by atoms with Crippen LogP contribution in [0.3, 0.4) is 0 Å². The van der Waals surface area contributed by atoms with Crippen LogP contribution >= 0.6 is 12.2 Å². The van der Waals surface area contributed by atoms with Crippen LogP contribution in [0.1, 0.15) is 6.92 Å². The molecule has 1 N–H and O–H groups in total. The molecule has 0 saturated heterocycles. The summed E-state index contributed by atoms with van der Waals surface area (Å²) in [4.78, 5) is 13.5. The van der Waals surface area contributed by atoms with Gasteiger partial charge in [-0.25, -0.2) is 0 Å².